The lowest BCUT2D eigenvalue weighted by atomic mass is 9.82. The number of piperazine rings is 1. The van der Waals surface area contributed by atoms with Gasteiger partial charge in [-0.25, -0.2) is 17.6 Å². The van der Waals surface area contributed by atoms with Crippen LogP contribution < -0.4 is 16.0 Å². The van der Waals surface area contributed by atoms with E-state index in [1.165, 1.54) is 23.5 Å². The minimum Gasteiger partial charge on any atom is -0.453 e. The fourth-order valence-electron chi connectivity index (χ4n) is 6.01. The van der Waals surface area contributed by atoms with Crippen LogP contribution in [-0.4, -0.2) is 63.0 Å². The number of nitrogens with one attached hydrogen (secondary N) is 3. The Hall–Kier alpha value is -3.51. The van der Waals surface area contributed by atoms with Crippen LogP contribution in [0.15, 0.2) is 77.7 Å². The zero-order chi connectivity index (χ0) is 32.7. The van der Waals surface area contributed by atoms with Gasteiger partial charge in [0.2, 0.25) is 15.9 Å². The third kappa shape index (κ3) is 8.21. The highest BCUT2D eigenvalue weighted by Gasteiger charge is 2.38. The van der Waals surface area contributed by atoms with Crippen LogP contribution in [-0.2, 0) is 26.0 Å². The summed E-state index contributed by atoms with van der Waals surface area (Å²) in [4.78, 5) is 26.5. The van der Waals surface area contributed by atoms with Crippen LogP contribution in [0, 0.1) is 11.7 Å². The smallest absolute Gasteiger partial charge is 0.407 e. The molecule has 3 aromatic rings. The van der Waals surface area contributed by atoms with Gasteiger partial charge in [-0.3, -0.25) is 4.79 Å². The number of anilines is 1. The molecule has 0 bridgehead atoms. The summed E-state index contributed by atoms with van der Waals surface area (Å²) in [5.74, 6) is -1.70. The van der Waals surface area contributed by atoms with Crippen molar-refractivity contribution in [3.05, 3.63) is 94.8 Å². The molecule has 45 heavy (non-hydrogen) atoms. The first-order valence-corrected chi connectivity index (χ1v) is 16.7. The average Bonchev–Trinajstić information content (AvgIpc) is 3.00. The molecule has 3 N–H and O–H groups in total. The summed E-state index contributed by atoms with van der Waals surface area (Å²) in [6.07, 6.45) is -0.339. The van der Waals surface area contributed by atoms with Crippen LogP contribution in [0.2, 0.25) is 5.02 Å². The predicted molar refractivity (Wildman–Crippen MR) is 173 cm³/mol. The molecule has 0 spiro atoms. The normalized spacial score (nSPS) is 18.6. The second-order valence-electron chi connectivity index (χ2n) is 11.5. The van der Waals surface area contributed by atoms with Crippen LogP contribution in [0.5, 0.6) is 0 Å². The number of hydrogen-bond donors (Lipinski definition) is 3. The van der Waals surface area contributed by atoms with Crippen LogP contribution in [0.1, 0.15) is 44.2 Å². The van der Waals surface area contributed by atoms with Gasteiger partial charge in [0.15, 0.2) is 0 Å². The summed E-state index contributed by atoms with van der Waals surface area (Å²) in [5, 5.41) is 9.26. The minimum atomic E-state index is -3.81. The summed E-state index contributed by atoms with van der Waals surface area (Å²) in [6, 6.07) is 17.9. The van der Waals surface area contributed by atoms with E-state index < -0.39 is 45.8 Å². The van der Waals surface area contributed by atoms with Gasteiger partial charge in [0.05, 0.1) is 12.0 Å². The molecule has 2 amide bonds. The van der Waals surface area contributed by atoms with Gasteiger partial charge < -0.3 is 20.7 Å². The maximum atomic E-state index is 15.4. The fourth-order valence-corrected chi connectivity index (χ4v) is 8.07. The first-order chi connectivity index (χ1) is 21.4. The van der Waals surface area contributed by atoms with Gasteiger partial charge in [0, 0.05) is 47.4 Å². The van der Waals surface area contributed by atoms with E-state index in [1.807, 2.05) is 26.8 Å². The monoisotopic (exact) mass is 658 g/mol. The van der Waals surface area contributed by atoms with E-state index in [-0.39, 0.29) is 34.5 Å². The molecule has 1 aliphatic rings. The number of methoxy groups -OCH3 is 1. The SMILES string of the molecule is COC(=O)N[C@H](C(=O)Nc1cccc(F)c1CC[C@H]1CNC[C@H](C)N1S(=O)(=O)c1ccccc1)C(c1cccc(Cl)c1)C(C)C. The maximum absolute atomic E-state index is 15.4. The first-order valence-electron chi connectivity index (χ1n) is 14.9. The number of benzene rings is 3. The molecule has 3 aromatic carbocycles. The number of hydrogen-bond acceptors (Lipinski definition) is 6. The van der Waals surface area contributed by atoms with Crippen LogP contribution in [0.25, 0.3) is 0 Å². The van der Waals surface area contributed by atoms with E-state index in [0.717, 1.165) is 5.56 Å². The van der Waals surface area contributed by atoms with Crippen molar-refractivity contribution in [2.45, 2.75) is 62.6 Å². The van der Waals surface area contributed by atoms with Crippen LogP contribution >= 0.6 is 11.6 Å². The highest BCUT2D eigenvalue weighted by molar-refractivity contribution is 7.89. The zero-order valence-corrected chi connectivity index (χ0v) is 27.4. The quantitative estimate of drug-likeness (QED) is 0.248. The summed E-state index contributed by atoms with van der Waals surface area (Å²) in [7, 11) is -2.60. The Labute approximate surface area is 269 Å². The number of ether oxygens (including phenoxy) is 1. The lowest BCUT2D eigenvalue weighted by Crippen LogP contribution is -2.58. The molecule has 0 aliphatic carbocycles. The Morgan fingerprint density at radius 1 is 1.07 bits per heavy atom. The summed E-state index contributed by atoms with van der Waals surface area (Å²) in [5.41, 5.74) is 1.22. The third-order valence-corrected chi connectivity index (χ3v) is 10.4. The molecule has 1 saturated heterocycles. The molecule has 0 radical (unpaired) electrons. The van der Waals surface area contributed by atoms with E-state index in [0.29, 0.717) is 24.5 Å². The third-order valence-electron chi connectivity index (χ3n) is 8.09. The van der Waals surface area contributed by atoms with Crippen molar-refractivity contribution in [3.63, 3.8) is 0 Å². The van der Waals surface area contributed by atoms with Crippen molar-refractivity contribution in [2.75, 3.05) is 25.5 Å². The number of alkyl carbamates (subject to hydrolysis) is 1. The fraction of sp³-hybridized carbons (Fsp3) is 0.394. The molecule has 4 rings (SSSR count). The Morgan fingerprint density at radius 2 is 1.78 bits per heavy atom. The van der Waals surface area contributed by atoms with Gasteiger partial charge in [0.25, 0.3) is 0 Å². The molecule has 9 nitrogen and oxygen atoms in total. The number of halogens is 2. The van der Waals surface area contributed by atoms with Crippen molar-refractivity contribution in [2.24, 2.45) is 5.92 Å². The standard InChI is InChI=1S/C33H40ClFN4O5S/c1-21(2)30(23-10-8-11-24(34)18-23)31(38-33(41)44-4)32(40)37-29-15-9-14-28(35)27(29)17-16-25-20-36-19-22(3)39(25)45(42,43)26-12-6-5-7-13-26/h5-15,18,21-22,25,30-31,36H,16-17,19-20H2,1-4H3,(H,37,40)(H,38,41)/t22-,25-,30?,31-/m0/s1. The zero-order valence-electron chi connectivity index (χ0n) is 25.8. The van der Waals surface area contributed by atoms with E-state index in [2.05, 4.69) is 16.0 Å². The molecule has 12 heteroatoms. The molecule has 1 aliphatic heterocycles. The topological polar surface area (TPSA) is 117 Å². The van der Waals surface area contributed by atoms with E-state index >= 15 is 4.39 Å². The molecule has 1 unspecified atom stereocenters. The van der Waals surface area contributed by atoms with Crippen molar-refractivity contribution in [3.8, 4) is 0 Å². The van der Waals surface area contributed by atoms with Gasteiger partial charge in [-0.2, -0.15) is 4.31 Å². The number of sulfonamides is 1. The number of carbonyl (C=O) groups is 2. The Bertz CT molecular complexity index is 1590. The maximum Gasteiger partial charge on any atom is 0.407 e. The molecule has 1 fully saturated rings. The molecule has 0 aromatic heterocycles. The van der Waals surface area contributed by atoms with Crippen molar-refractivity contribution >= 4 is 39.3 Å². The summed E-state index contributed by atoms with van der Waals surface area (Å²) < 4.78 is 49.0. The molecule has 1 heterocycles. The lowest BCUT2D eigenvalue weighted by Gasteiger charge is -2.40. The molecule has 4 atom stereocenters. The first kappa shape index (κ1) is 34.4. The van der Waals surface area contributed by atoms with Gasteiger partial charge in [-0.15, -0.1) is 0 Å². The van der Waals surface area contributed by atoms with Gasteiger partial charge >= 0.3 is 6.09 Å². The molecular formula is C33H40ClFN4O5S. The molecule has 0 saturated carbocycles. The van der Waals surface area contributed by atoms with Gasteiger partial charge in [0.1, 0.15) is 11.9 Å². The highest BCUT2D eigenvalue weighted by atomic mass is 35.5. The predicted octanol–water partition coefficient (Wildman–Crippen LogP) is 5.57. The molecular weight excluding hydrogens is 619 g/mol. The number of carbonyl (C=O) groups excluding carboxylic acids is 2. The Morgan fingerprint density at radius 3 is 2.44 bits per heavy atom. The number of rotatable bonds is 11. The van der Waals surface area contributed by atoms with E-state index in [4.69, 9.17) is 16.3 Å². The number of nitrogens with zero attached hydrogens (tertiary/aromatic N) is 1. The van der Waals surface area contributed by atoms with Crippen molar-refractivity contribution in [1.82, 2.24) is 14.9 Å². The van der Waals surface area contributed by atoms with Crippen LogP contribution in [0.3, 0.4) is 0 Å². The van der Waals surface area contributed by atoms with E-state index in [1.54, 1.807) is 54.6 Å². The van der Waals surface area contributed by atoms with Gasteiger partial charge in [-0.1, -0.05) is 61.8 Å². The average molecular weight is 659 g/mol. The summed E-state index contributed by atoms with van der Waals surface area (Å²) >= 11 is 6.26. The Kier molecular flexibility index (Phi) is 11.6. The Balaban J connectivity index is 1.61. The summed E-state index contributed by atoms with van der Waals surface area (Å²) in [6.45, 7) is 6.57. The van der Waals surface area contributed by atoms with E-state index in [9.17, 15) is 18.0 Å². The largest absolute Gasteiger partial charge is 0.453 e. The molecule has 242 valence electrons. The minimum absolute atomic E-state index is 0.110. The van der Waals surface area contributed by atoms with Crippen molar-refractivity contribution in [1.29, 1.82) is 0 Å². The van der Waals surface area contributed by atoms with Crippen LogP contribution in [0.4, 0.5) is 14.9 Å². The van der Waals surface area contributed by atoms with Gasteiger partial charge in [-0.05, 0) is 67.6 Å². The van der Waals surface area contributed by atoms with Crippen molar-refractivity contribution < 1.29 is 27.1 Å². The second kappa shape index (κ2) is 15.2. The lowest BCUT2D eigenvalue weighted by molar-refractivity contribution is -0.118. The second-order valence-corrected chi connectivity index (χ2v) is 13.8. The number of amides is 2. The highest BCUT2D eigenvalue weighted by Crippen LogP contribution is 2.32.